The number of amides is 3. The second-order valence-electron chi connectivity index (χ2n) is 23.6. The fourth-order valence-corrected chi connectivity index (χ4v) is 11.6. The number of aliphatic hydroxyl groups excluding tert-OH is 1. The van der Waals surface area contributed by atoms with E-state index in [9.17, 15) is 19.5 Å². The van der Waals surface area contributed by atoms with Crippen molar-refractivity contribution in [3.05, 3.63) is 71.7 Å². The zero-order chi connectivity index (χ0) is 63.6. The van der Waals surface area contributed by atoms with Crippen molar-refractivity contribution in [2.45, 2.75) is 105 Å². The zero-order valence-corrected chi connectivity index (χ0v) is 53.5. The first-order valence-corrected chi connectivity index (χ1v) is 32.4. The van der Waals surface area contributed by atoms with Crippen LogP contribution in [-0.4, -0.2) is 199 Å². The van der Waals surface area contributed by atoms with Crippen molar-refractivity contribution in [2.24, 2.45) is 5.73 Å². The number of carbonyl (C=O) groups excluding carboxylic acids is 3. The molecule has 0 saturated carbocycles. The quantitative estimate of drug-likeness (QED) is 0.0724. The van der Waals surface area contributed by atoms with Gasteiger partial charge in [0.2, 0.25) is 29.7 Å². The van der Waals surface area contributed by atoms with Crippen molar-refractivity contribution in [1.82, 2.24) is 44.9 Å². The van der Waals surface area contributed by atoms with E-state index in [1.165, 1.54) is 39.0 Å². The number of pyridine rings is 3. The maximum absolute atomic E-state index is 11.8. The van der Waals surface area contributed by atoms with Gasteiger partial charge in [-0.25, -0.2) is 29.9 Å². The molecule has 26 heteroatoms. The number of aryl methyl sites for hydroxylation is 3. The van der Waals surface area contributed by atoms with Gasteiger partial charge in [0, 0.05) is 138 Å². The number of nitrogens with two attached hydrogens (primary N) is 1. The SMILES string of the molecule is CCC(=O)Nc1cc(C)c(-c2cc(N3CCOCC3)nc(N3CCCCC3)n2)cn1.Cc1cc(NC(=O)C(C)O)ncc1-c1cc(N2CCOCC2)nc(N2CCCCC2)n1.Cc1cc(NC(=O)CN)ncc1-c1cc(N2CCOCC2)nc(N2CCCCC2)n1. The lowest BCUT2D eigenvalue weighted by molar-refractivity contribution is -0.123. The summed E-state index contributed by atoms with van der Waals surface area (Å²) in [5, 5.41) is 17.6. The average Bonchev–Trinajstić information content (AvgIpc) is 1.13. The lowest BCUT2D eigenvalue weighted by Gasteiger charge is -2.31. The van der Waals surface area contributed by atoms with Crippen molar-refractivity contribution in [3.63, 3.8) is 0 Å². The van der Waals surface area contributed by atoms with E-state index in [4.69, 9.17) is 49.8 Å². The molecule has 0 radical (unpaired) electrons. The van der Waals surface area contributed by atoms with E-state index in [0.29, 0.717) is 63.5 Å². The van der Waals surface area contributed by atoms with Gasteiger partial charge < -0.3 is 70.4 Å². The number of nitrogens with one attached hydrogen (secondary N) is 3. The molecule has 1 unspecified atom stereocenters. The summed E-state index contributed by atoms with van der Waals surface area (Å²) >= 11 is 0. The highest BCUT2D eigenvalue weighted by atomic mass is 16.5. The molecule has 0 aliphatic carbocycles. The molecule has 6 aromatic heterocycles. The first kappa shape index (κ1) is 65.6. The number of hydrogen-bond donors (Lipinski definition) is 5. The number of ether oxygens (including phenoxy) is 3. The van der Waals surface area contributed by atoms with Crippen molar-refractivity contribution in [1.29, 1.82) is 0 Å². The Balaban J connectivity index is 0.000000150. The monoisotopic (exact) mass is 1250 g/mol. The molecule has 12 heterocycles. The molecule has 0 bridgehead atoms. The van der Waals surface area contributed by atoms with Gasteiger partial charge in [0.1, 0.15) is 41.0 Å². The highest BCUT2D eigenvalue weighted by molar-refractivity contribution is 5.93. The topological polar surface area (TPSA) is 297 Å². The van der Waals surface area contributed by atoms with Gasteiger partial charge in [0.05, 0.1) is 63.3 Å². The van der Waals surface area contributed by atoms with Gasteiger partial charge in [-0.1, -0.05) is 6.92 Å². The molecule has 0 spiro atoms. The van der Waals surface area contributed by atoms with Crippen LogP contribution in [0.25, 0.3) is 33.8 Å². The number of aromatic nitrogens is 9. The number of rotatable bonds is 15. The summed E-state index contributed by atoms with van der Waals surface area (Å²) in [4.78, 5) is 91.2. The molecular formula is C65H89N19O7. The Kier molecular flexibility index (Phi) is 23.2. The molecule has 6 fully saturated rings. The summed E-state index contributed by atoms with van der Waals surface area (Å²) in [6.07, 6.45) is 15.4. The molecule has 91 heavy (non-hydrogen) atoms. The minimum Gasteiger partial charge on any atom is -0.384 e. The van der Waals surface area contributed by atoms with Crippen LogP contribution in [0, 0.1) is 20.8 Å². The predicted molar refractivity (Wildman–Crippen MR) is 354 cm³/mol. The van der Waals surface area contributed by atoms with Crippen LogP contribution in [0.2, 0.25) is 0 Å². The Labute approximate surface area is 533 Å². The fourth-order valence-electron chi connectivity index (χ4n) is 11.6. The Bertz CT molecular complexity index is 3160. The van der Waals surface area contributed by atoms with Gasteiger partial charge in [-0.05, 0) is 120 Å². The van der Waals surface area contributed by atoms with Crippen molar-refractivity contribution in [2.75, 3.05) is 170 Å². The molecule has 6 saturated heterocycles. The molecular weight excluding hydrogens is 1160 g/mol. The van der Waals surface area contributed by atoms with Gasteiger partial charge in [0.15, 0.2) is 0 Å². The van der Waals surface area contributed by atoms with Gasteiger partial charge in [-0.15, -0.1) is 0 Å². The van der Waals surface area contributed by atoms with E-state index in [1.54, 1.807) is 24.7 Å². The minimum atomic E-state index is -1.09. The number of piperidine rings is 3. The molecule has 26 nitrogen and oxygen atoms in total. The first-order chi connectivity index (χ1) is 44.3. The molecule has 486 valence electrons. The smallest absolute Gasteiger partial charge is 0.254 e. The van der Waals surface area contributed by atoms with Crippen molar-refractivity contribution < 1.29 is 33.7 Å². The summed E-state index contributed by atoms with van der Waals surface area (Å²) < 4.78 is 16.5. The lowest BCUT2D eigenvalue weighted by Crippen LogP contribution is -2.37. The van der Waals surface area contributed by atoms with Crippen LogP contribution in [0.3, 0.4) is 0 Å². The molecule has 6 aliphatic heterocycles. The number of hydrogen-bond acceptors (Lipinski definition) is 23. The van der Waals surface area contributed by atoms with Crippen LogP contribution in [0.5, 0.6) is 0 Å². The third-order valence-corrected chi connectivity index (χ3v) is 16.9. The van der Waals surface area contributed by atoms with Crippen molar-refractivity contribution >= 4 is 70.5 Å². The highest BCUT2D eigenvalue weighted by Gasteiger charge is 2.25. The fraction of sp³-hybridized carbons (Fsp3) is 0.538. The predicted octanol–water partition coefficient (Wildman–Crippen LogP) is 6.59. The molecule has 3 amide bonds. The highest BCUT2D eigenvalue weighted by Crippen LogP contribution is 2.33. The molecule has 6 N–H and O–H groups in total. The van der Waals surface area contributed by atoms with E-state index >= 15 is 0 Å². The number of carbonyl (C=O) groups is 3. The van der Waals surface area contributed by atoms with E-state index in [-0.39, 0.29) is 18.4 Å². The van der Waals surface area contributed by atoms with E-state index in [2.05, 4.69) is 60.3 Å². The summed E-state index contributed by atoms with van der Waals surface area (Å²) in [5.74, 6) is 5.75. The average molecular weight is 1250 g/mol. The Morgan fingerprint density at radius 1 is 0.451 bits per heavy atom. The van der Waals surface area contributed by atoms with Crippen LogP contribution >= 0.6 is 0 Å². The maximum Gasteiger partial charge on any atom is 0.254 e. The Morgan fingerprint density at radius 3 is 1.04 bits per heavy atom. The van der Waals surface area contributed by atoms with E-state index in [0.717, 1.165) is 190 Å². The minimum absolute atomic E-state index is 0.0429. The molecule has 6 aromatic rings. The largest absolute Gasteiger partial charge is 0.384 e. The molecule has 6 aliphatic rings. The lowest BCUT2D eigenvalue weighted by atomic mass is 10.1. The number of morpholine rings is 3. The molecule has 0 aromatic carbocycles. The second-order valence-corrected chi connectivity index (χ2v) is 23.6. The summed E-state index contributed by atoms with van der Waals surface area (Å²) in [7, 11) is 0. The summed E-state index contributed by atoms with van der Waals surface area (Å²) in [6, 6.07) is 11.6. The third kappa shape index (κ3) is 17.8. The van der Waals surface area contributed by atoms with Crippen LogP contribution in [0.1, 0.15) is 94.7 Å². The van der Waals surface area contributed by atoms with Gasteiger partial charge in [0.25, 0.3) is 5.91 Å². The summed E-state index contributed by atoms with van der Waals surface area (Å²) in [5.41, 5.74) is 13.6. The first-order valence-electron chi connectivity index (χ1n) is 32.4. The van der Waals surface area contributed by atoms with Gasteiger partial charge in [-0.2, -0.15) is 15.0 Å². The normalized spacial score (nSPS) is 17.4. The Hall–Kier alpha value is -8.30. The van der Waals surface area contributed by atoms with Gasteiger partial charge >= 0.3 is 0 Å². The molecule has 12 rings (SSSR count). The standard InChI is InChI=1S/C22H30N6O3.C22H30N6O2.C21H29N7O2/c1-15-12-19(25-21(30)16(2)29)23-14-17(15)18-13-20(27-8-10-31-11-9-27)26-22(24-18)28-6-4-3-5-7-28;1-3-21(29)25-19-13-16(2)17(15-23-19)18-14-20(27-9-11-30-12-10-27)26-22(24-18)28-7-5-4-6-8-28;1-15-11-18(25-20(29)13-22)23-14-16(15)17-12-19(27-7-9-30-10-8-27)26-21(24-17)28-5-3-2-4-6-28/h12-14,16,29H,3-11H2,1-2H3,(H,23,25,30);13-15H,3-12H2,1-2H3,(H,23,25,29);11-12,14H,2-10,13,22H2,1H3,(H,23,25,29). The second kappa shape index (κ2) is 32.1. The van der Waals surface area contributed by atoms with Crippen molar-refractivity contribution in [3.8, 4) is 33.8 Å². The number of anilines is 9. The van der Waals surface area contributed by atoms with E-state index < -0.39 is 12.0 Å². The molecule has 1 atom stereocenters. The van der Waals surface area contributed by atoms with Crippen LogP contribution in [0.4, 0.5) is 52.8 Å². The van der Waals surface area contributed by atoms with Crippen LogP contribution in [0.15, 0.2) is 55.0 Å². The maximum atomic E-state index is 11.8. The third-order valence-electron chi connectivity index (χ3n) is 16.9. The van der Waals surface area contributed by atoms with Crippen LogP contribution < -0.4 is 51.1 Å². The van der Waals surface area contributed by atoms with Gasteiger partial charge in [-0.3, -0.25) is 14.4 Å². The Morgan fingerprint density at radius 2 is 0.758 bits per heavy atom. The number of aliphatic hydroxyl groups is 1. The summed E-state index contributed by atoms with van der Waals surface area (Å²) in [6.45, 7) is 24.1. The zero-order valence-electron chi connectivity index (χ0n) is 53.5. The number of nitrogens with zero attached hydrogens (tertiary/aromatic N) is 15. The van der Waals surface area contributed by atoms with E-state index in [1.807, 2.05) is 58.0 Å². The van der Waals surface area contributed by atoms with Crippen LogP contribution in [-0.2, 0) is 28.6 Å².